The maximum absolute atomic E-state index is 8.24. The van der Waals surface area contributed by atoms with Crippen LogP contribution in [0.1, 0.15) is 20.3 Å². The molecule has 0 unspecified atom stereocenters. The van der Waals surface area contributed by atoms with Crippen molar-refractivity contribution in [2.75, 3.05) is 13.0 Å². The fraction of sp³-hybridized carbons (Fsp3) is 1.00. The summed E-state index contributed by atoms with van der Waals surface area (Å²) in [5, 5.41) is 8.24. The van der Waals surface area contributed by atoms with Crippen molar-refractivity contribution in [3.05, 3.63) is 0 Å². The molecule has 52 valence electrons. The molecule has 8 heavy (non-hydrogen) atoms. The summed E-state index contributed by atoms with van der Waals surface area (Å²) >= 11 is 4.64. The molecule has 0 aliphatic heterocycles. The summed E-state index contributed by atoms with van der Waals surface area (Å²) in [6.07, 6.45) is 2.40. The summed E-state index contributed by atoms with van der Waals surface area (Å²) in [4.78, 5) is 0. The highest BCUT2D eigenvalue weighted by molar-refractivity contribution is 6.15. The zero-order chi connectivity index (χ0) is 6.99. The maximum atomic E-state index is 8.24. The van der Waals surface area contributed by atoms with Gasteiger partial charge in [0.15, 0.2) is 0 Å². The molecule has 0 saturated carbocycles. The number of hydrogen-bond donors (Lipinski definition) is 1. The lowest BCUT2D eigenvalue weighted by molar-refractivity contribution is 0.268. The summed E-state index contributed by atoms with van der Waals surface area (Å²) in [5.74, 6) is 0.648. The van der Waals surface area contributed by atoms with Crippen LogP contribution in [0.25, 0.3) is 0 Å². The lowest BCUT2D eigenvalue weighted by Crippen LogP contribution is -1.89. The zero-order valence-corrected chi connectivity index (χ0v) is 6.57. The van der Waals surface area contributed by atoms with E-state index in [2.05, 4.69) is 25.4 Å². The lowest BCUT2D eigenvalue weighted by atomic mass is 10.2. The van der Waals surface area contributed by atoms with Gasteiger partial charge in [-0.05, 0) is 12.3 Å². The summed E-state index contributed by atoms with van der Waals surface area (Å²) in [6, 6.07) is 0. The van der Waals surface area contributed by atoms with Crippen molar-refractivity contribution < 1.29 is 5.11 Å². The van der Waals surface area contributed by atoms with Crippen molar-refractivity contribution in [1.29, 1.82) is 0 Å². The Labute approximate surface area is 56.7 Å². The van der Waals surface area contributed by atoms with Gasteiger partial charge in [0.2, 0.25) is 0 Å². The van der Waals surface area contributed by atoms with Gasteiger partial charge in [-0.15, -0.1) is 11.6 Å². The van der Waals surface area contributed by atoms with E-state index in [9.17, 15) is 0 Å². The molecule has 0 aliphatic rings. The van der Waals surface area contributed by atoms with Crippen LogP contribution in [-0.2, 0) is 0 Å². The van der Waals surface area contributed by atoms with Crippen LogP contribution in [0.2, 0.25) is 0 Å². The molecule has 0 fully saturated rings. The van der Waals surface area contributed by atoms with E-state index in [1.54, 1.807) is 0 Å². The highest BCUT2D eigenvalue weighted by Crippen LogP contribution is 1.94. The van der Waals surface area contributed by atoms with Crippen LogP contribution in [0.15, 0.2) is 0 Å². The Hall–Kier alpha value is 0.250. The van der Waals surface area contributed by atoms with Crippen LogP contribution < -0.4 is 0 Å². The number of aliphatic hydroxyl groups is 1. The lowest BCUT2D eigenvalue weighted by Gasteiger charge is -1.95. The predicted molar refractivity (Wildman–Crippen MR) is 38.3 cm³/mol. The van der Waals surface area contributed by atoms with Crippen molar-refractivity contribution in [3.8, 4) is 0 Å². The molecule has 0 atom stereocenters. The van der Waals surface area contributed by atoms with Gasteiger partial charge >= 0.3 is 0 Å². The van der Waals surface area contributed by atoms with Gasteiger partial charge in [0.1, 0.15) is 0 Å². The quantitative estimate of drug-likeness (QED) is 0.578. The summed E-state index contributed by atoms with van der Waals surface area (Å²) in [5.41, 5.74) is 0. The smallest absolute Gasteiger partial charge is 0.0433 e. The average Bonchev–Trinajstić information content (AvgIpc) is 1.72. The van der Waals surface area contributed by atoms with Crippen molar-refractivity contribution in [2.45, 2.75) is 20.3 Å². The van der Waals surface area contributed by atoms with Crippen LogP contribution >= 0.6 is 11.6 Å². The standard InChI is InChI=1S/C5H12O.CH3Cl/c1-5(2)3-4-6;1-2/h5-6H,3-4H2,1-2H3;1H3. The first-order valence-corrected chi connectivity index (χ1v) is 3.51. The van der Waals surface area contributed by atoms with E-state index in [1.807, 2.05) is 0 Å². The molecular formula is C6H15ClO. The molecule has 1 N–H and O–H groups in total. The number of alkyl halides is 1. The molecule has 0 aromatic heterocycles. The number of halogens is 1. The van der Waals surface area contributed by atoms with Gasteiger partial charge in [0.25, 0.3) is 0 Å². The number of aliphatic hydroxyl groups excluding tert-OH is 1. The second-order valence-corrected chi connectivity index (χ2v) is 1.91. The van der Waals surface area contributed by atoms with Crippen LogP contribution in [0, 0.1) is 5.92 Å². The van der Waals surface area contributed by atoms with Crippen LogP contribution in [0.3, 0.4) is 0 Å². The minimum atomic E-state index is 0.331. The highest BCUT2D eigenvalue weighted by Gasteiger charge is 1.86. The van der Waals surface area contributed by atoms with Crippen molar-refractivity contribution >= 4 is 11.6 Å². The molecule has 0 rings (SSSR count). The predicted octanol–water partition coefficient (Wildman–Crippen LogP) is 1.88. The van der Waals surface area contributed by atoms with E-state index in [4.69, 9.17) is 5.11 Å². The molecule has 2 heteroatoms. The Morgan fingerprint density at radius 3 is 1.75 bits per heavy atom. The molecule has 0 heterocycles. The van der Waals surface area contributed by atoms with E-state index < -0.39 is 0 Å². The number of rotatable bonds is 2. The molecule has 0 aromatic carbocycles. The van der Waals surface area contributed by atoms with Crippen LogP contribution in [-0.4, -0.2) is 18.1 Å². The van der Waals surface area contributed by atoms with E-state index in [0.29, 0.717) is 12.5 Å². The van der Waals surface area contributed by atoms with Gasteiger partial charge in [-0.25, -0.2) is 0 Å². The van der Waals surface area contributed by atoms with E-state index in [1.165, 1.54) is 6.38 Å². The SMILES string of the molecule is CC(C)CCO.CCl. The molecule has 0 aliphatic carbocycles. The molecule has 0 aromatic rings. The van der Waals surface area contributed by atoms with Gasteiger partial charge in [-0.1, -0.05) is 13.8 Å². The van der Waals surface area contributed by atoms with Crippen molar-refractivity contribution in [1.82, 2.24) is 0 Å². The Morgan fingerprint density at radius 1 is 1.38 bits per heavy atom. The largest absolute Gasteiger partial charge is 0.396 e. The summed E-state index contributed by atoms with van der Waals surface area (Å²) in [6.45, 7) is 4.52. The highest BCUT2D eigenvalue weighted by atomic mass is 35.5. The van der Waals surface area contributed by atoms with Gasteiger partial charge in [0.05, 0.1) is 0 Å². The minimum absolute atomic E-state index is 0.331. The van der Waals surface area contributed by atoms with Gasteiger partial charge in [-0.2, -0.15) is 0 Å². The Bertz CT molecular complexity index is 29.7. The first-order chi connectivity index (χ1) is 3.77. The first-order valence-electron chi connectivity index (χ1n) is 2.76. The maximum Gasteiger partial charge on any atom is 0.0433 e. The van der Waals surface area contributed by atoms with E-state index >= 15 is 0 Å². The van der Waals surface area contributed by atoms with Crippen LogP contribution in [0.5, 0.6) is 0 Å². The van der Waals surface area contributed by atoms with Crippen molar-refractivity contribution in [2.24, 2.45) is 5.92 Å². The molecular weight excluding hydrogens is 124 g/mol. The molecule has 0 amide bonds. The fourth-order valence-electron chi connectivity index (χ4n) is 0.258. The third kappa shape index (κ3) is 16.3. The third-order valence-electron chi connectivity index (χ3n) is 0.706. The fourth-order valence-corrected chi connectivity index (χ4v) is 0.258. The van der Waals surface area contributed by atoms with E-state index in [-0.39, 0.29) is 0 Å². The van der Waals surface area contributed by atoms with Crippen molar-refractivity contribution in [3.63, 3.8) is 0 Å². The minimum Gasteiger partial charge on any atom is -0.396 e. The monoisotopic (exact) mass is 138 g/mol. The Morgan fingerprint density at radius 2 is 1.75 bits per heavy atom. The molecule has 0 bridgehead atoms. The third-order valence-corrected chi connectivity index (χ3v) is 0.706. The molecule has 1 nitrogen and oxygen atoms in total. The van der Waals surface area contributed by atoms with Gasteiger partial charge < -0.3 is 5.11 Å². The van der Waals surface area contributed by atoms with Gasteiger partial charge in [-0.3, -0.25) is 0 Å². The van der Waals surface area contributed by atoms with E-state index in [0.717, 1.165) is 6.42 Å². The second kappa shape index (κ2) is 10.3. The summed E-state index contributed by atoms with van der Waals surface area (Å²) < 4.78 is 0. The first kappa shape index (κ1) is 11.1. The van der Waals surface area contributed by atoms with Crippen LogP contribution in [0.4, 0.5) is 0 Å². The Balaban J connectivity index is 0. The molecule has 0 saturated heterocycles. The molecule has 0 radical (unpaired) electrons. The average molecular weight is 139 g/mol. The zero-order valence-electron chi connectivity index (χ0n) is 5.82. The molecule has 0 spiro atoms. The normalized spacial score (nSPS) is 8.25. The Kier molecular flexibility index (Phi) is 14.3. The second-order valence-electron chi connectivity index (χ2n) is 1.91. The summed E-state index contributed by atoms with van der Waals surface area (Å²) in [7, 11) is 0. The van der Waals surface area contributed by atoms with Gasteiger partial charge in [0, 0.05) is 13.0 Å². The number of hydrogen-bond acceptors (Lipinski definition) is 1. The topological polar surface area (TPSA) is 20.2 Å².